The first-order valence-electron chi connectivity index (χ1n) is 7.63. The minimum atomic E-state index is -0.639. The molecule has 8 heteroatoms. The molecule has 1 atom stereocenters. The van der Waals surface area contributed by atoms with Gasteiger partial charge in [-0.1, -0.05) is 12.1 Å². The van der Waals surface area contributed by atoms with Crippen LogP contribution in [0.25, 0.3) is 0 Å². The number of carbonyl (C=O) groups excluding carboxylic acids is 2. The van der Waals surface area contributed by atoms with E-state index in [1.807, 2.05) is 18.2 Å². The van der Waals surface area contributed by atoms with Gasteiger partial charge in [-0.05, 0) is 12.1 Å². The fraction of sp³-hybridized carbons (Fsp3) is 0.312. The van der Waals surface area contributed by atoms with Gasteiger partial charge in [0.25, 0.3) is 11.8 Å². The van der Waals surface area contributed by atoms with Crippen LogP contribution < -0.4 is 15.2 Å². The molecule has 4 rings (SSSR count). The highest BCUT2D eigenvalue weighted by atomic mass is 16.6. The van der Waals surface area contributed by atoms with Gasteiger partial charge >= 0.3 is 0 Å². The van der Waals surface area contributed by atoms with Crippen molar-refractivity contribution in [3.8, 4) is 11.5 Å². The van der Waals surface area contributed by atoms with Crippen molar-refractivity contribution in [3.63, 3.8) is 0 Å². The van der Waals surface area contributed by atoms with Gasteiger partial charge in [-0.25, -0.2) is 0 Å². The second-order valence-corrected chi connectivity index (χ2v) is 5.83. The van der Waals surface area contributed by atoms with E-state index >= 15 is 0 Å². The Morgan fingerprint density at radius 1 is 1.21 bits per heavy atom. The molecular formula is C16H16N4O4. The molecular weight excluding hydrogens is 312 g/mol. The predicted molar refractivity (Wildman–Crippen MR) is 82.7 cm³/mol. The van der Waals surface area contributed by atoms with Crippen LogP contribution in [0.2, 0.25) is 0 Å². The van der Waals surface area contributed by atoms with Crippen molar-refractivity contribution in [2.24, 2.45) is 5.73 Å². The lowest BCUT2D eigenvalue weighted by Crippen LogP contribution is -2.56. The van der Waals surface area contributed by atoms with Crippen molar-refractivity contribution in [3.05, 3.63) is 42.2 Å². The van der Waals surface area contributed by atoms with E-state index in [2.05, 4.69) is 5.10 Å². The third kappa shape index (κ3) is 2.45. The van der Waals surface area contributed by atoms with Crippen molar-refractivity contribution in [1.29, 1.82) is 0 Å². The van der Waals surface area contributed by atoms with E-state index in [1.54, 1.807) is 21.8 Å². The molecule has 24 heavy (non-hydrogen) atoms. The van der Waals surface area contributed by atoms with E-state index in [0.717, 1.165) is 0 Å². The lowest BCUT2D eigenvalue weighted by atomic mass is 10.1. The van der Waals surface area contributed by atoms with E-state index in [9.17, 15) is 9.59 Å². The Labute approximate surface area is 137 Å². The fourth-order valence-corrected chi connectivity index (χ4v) is 2.81. The number of carbonyl (C=O) groups is 2. The number of nitrogens with two attached hydrogens (primary N) is 1. The number of hydrogen-bond donors (Lipinski definition) is 1. The molecule has 1 aromatic heterocycles. The van der Waals surface area contributed by atoms with Crippen molar-refractivity contribution >= 4 is 11.8 Å². The van der Waals surface area contributed by atoms with Crippen LogP contribution in [-0.2, 0) is 4.79 Å². The lowest BCUT2D eigenvalue weighted by Gasteiger charge is -2.41. The van der Waals surface area contributed by atoms with E-state index < -0.39 is 12.0 Å². The van der Waals surface area contributed by atoms with Crippen LogP contribution in [0.3, 0.4) is 0 Å². The zero-order valence-corrected chi connectivity index (χ0v) is 12.8. The Balaban J connectivity index is 1.37. The second-order valence-electron chi connectivity index (χ2n) is 5.83. The van der Waals surface area contributed by atoms with Gasteiger partial charge in [0.05, 0.1) is 17.8 Å². The molecule has 8 nitrogen and oxygen atoms in total. The molecule has 2 N–H and O–H groups in total. The van der Waals surface area contributed by atoms with Crippen LogP contribution in [0.4, 0.5) is 0 Å². The fourth-order valence-electron chi connectivity index (χ4n) is 2.81. The Kier molecular flexibility index (Phi) is 3.37. The van der Waals surface area contributed by atoms with E-state index in [1.165, 1.54) is 6.20 Å². The minimum Gasteiger partial charge on any atom is -0.485 e. The average Bonchev–Trinajstić information content (AvgIpc) is 3.03. The van der Waals surface area contributed by atoms with Gasteiger partial charge in [-0.3, -0.25) is 14.3 Å². The molecule has 2 amide bonds. The maximum absolute atomic E-state index is 12.5. The number of likely N-dealkylation sites (tertiary alicyclic amines) is 1. The summed E-state index contributed by atoms with van der Waals surface area (Å²) in [5, 5.41) is 4.12. The summed E-state index contributed by atoms with van der Waals surface area (Å²) in [5.74, 6) is 0.610. The molecule has 2 aliphatic heterocycles. The zero-order valence-electron chi connectivity index (χ0n) is 12.8. The SMILES string of the molecule is NC(=O)c1cnn(C2CN(C(=O)C3COc4ccccc4O3)C2)c1. The van der Waals surface area contributed by atoms with Gasteiger partial charge in [-0.15, -0.1) is 0 Å². The highest BCUT2D eigenvalue weighted by Gasteiger charge is 2.38. The number of nitrogens with zero attached hydrogens (tertiary/aromatic N) is 3. The molecule has 2 aliphatic rings. The van der Waals surface area contributed by atoms with Crippen LogP contribution >= 0.6 is 0 Å². The predicted octanol–water partition coefficient (Wildman–Crippen LogP) is 0.205. The summed E-state index contributed by atoms with van der Waals surface area (Å²) in [6.45, 7) is 1.23. The molecule has 0 saturated carbocycles. The van der Waals surface area contributed by atoms with Crippen molar-refractivity contribution in [2.45, 2.75) is 12.1 Å². The number of rotatable bonds is 3. The quantitative estimate of drug-likeness (QED) is 0.868. The van der Waals surface area contributed by atoms with Gasteiger partial charge in [-0.2, -0.15) is 5.10 Å². The van der Waals surface area contributed by atoms with Gasteiger partial charge in [0.15, 0.2) is 11.5 Å². The van der Waals surface area contributed by atoms with Crippen molar-refractivity contribution < 1.29 is 19.1 Å². The number of ether oxygens (including phenoxy) is 2. The van der Waals surface area contributed by atoms with Crippen molar-refractivity contribution in [2.75, 3.05) is 19.7 Å². The van der Waals surface area contributed by atoms with Crippen molar-refractivity contribution in [1.82, 2.24) is 14.7 Å². The molecule has 0 radical (unpaired) electrons. The molecule has 1 aromatic carbocycles. The summed E-state index contributed by atoms with van der Waals surface area (Å²) in [7, 11) is 0. The molecule has 124 valence electrons. The first kappa shape index (κ1) is 14.6. The van der Waals surface area contributed by atoms with E-state index in [4.69, 9.17) is 15.2 Å². The summed E-state index contributed by atoms with van der Waals surface area (Å²) >= 11 is 0. The van der Waals surface area contributed by atoms with Gasteiger partial charge in [0.2, 0.25) is 6.10 Å². The summed E-state index contributed by atoms with van der Waals surface area (Å²) in [6, 6.07) is 7.32. The standard InChI is InChI=1S/C16H16N4O4/c17-15(21)10-5-18-20(6-10)11-7-19(8-11)16(22)14-9-23-12-3-1-2-4-13(12)24-14/h1-6,11,14H,7-9H2,(H2,17,21). The van der Waals surface area contributed by atoms with Gasteiger partial charge < -0.3 is 20.1 Å². The zero-order chi connectivity index (χ0) is 16.7. The van der Waals surface area contributed by atoms with Crippen LogP contribution in [-0.4, -0.2) is 52.3 Å². The number of benzene rings is 1. The lowest BCUT2D eigenvalue weighted by molar-refractivity contribution is -0.147. The van der Waals surface area contributed by atoms with E-state index in [0.29, 0.717) is 30.2 Å². The number of amides is 2. The smallest absolute Gasteiger partial charge is 0.267 e. The third-order valence-corrected chi connectivity index (χ3v) is 4.22. The summed E-state index contributed by atoms with van der Waals surface area (Å²) in [6.07, 6.45) is 2.40. The molecule has 0 bridgehead atoms. The monoisotopic (exact) mass is 328 g/mol. The first-order valence-corrected chi connectivity index (χ1v) is 7.63. The molecule has 1 unspecified atom stereocenters. The minimum absolute atomic E-state index is 0.0406. The molecule has 0 aliphatic carbocycles. The highest BCUT2D eigenvalue weighted by Crippen LogP contribution is 2.32. The summed E-state index contributed by atoms with van der Waals surface area (Å²) < 4.78 is 13.0. The Morgan fingerprint density at radius 3 is 2.67 bits per heavy atom. The Hall–Kier alpha value is -3.03. The molecule has 2 aromatic rings. The average molecular weight is 328 g/mol. The number of fused-ring (bicyclic) bond motifs is 1. The Morgan fingerprint density at radius 2 is 1.96 bits per heavy atom. The molecule has 3 heterocycles. The summed E-state index contributed by atoms with van der Waals surface area (Å²) in [5.41, 5.74) is 5.57. The van der Waals surface area contributed by atoms with Crippen LogP contribution in [0.5, 0.6) is 11.5 Å². The molecule has 0 spiro atoms. The van der Waals surface area contributed by atoms with Crippen LogP contribution in [0, 0.1) is 0 Å². The molecule has 1 fully saturated rings. The maximum Gasteiger partial charge on any atom is 0.267 e. The third-order valence-electron chi connectivity index (χ3n) is 4.22. The number of primary amides is 1. The Bertz CT molecular complexity index is 797. The number of hydrogen-bond acceptors (Lipinski definition) is 5. The second kappa shape index (κ2) is 5.55. The first-order chi connectivity index (χ1) is 11.6. The number of para-hydroxylation sites is 2. The number of aromatic nitrogens is 2. The normalized spacial score (nSPS) is 19.7. The highest BCUT2D eigenvalue weighted by molar-refractivity contribution is 5.92. The maximum atomic E-state index is 12.5. The molecule has 1 saturated heterocycles. The van der Waals surface area contributed by atoms with Crippen LogP contribution in [0.1, 0.15) is 16.4 Å². The summed E-state index contributed by atoms with van der Waals surface area (Å²) in [4.78, 5) is 25.3. The van der Waals surface area contributed by atoms with Crippen LogP contribution in [0.15, 0.2) is 36.7 Å². The van der Waals surface area contributed by atoms with Gasteiger partial charge in [0, 0.05) is 19.3 Å². The topological polar surface area (TPSA) is 99.7 Å². The van der Waals surface area contributed by atoms with E-state index in [-0.39, 0.29) is 18.6 Å². The van der Waals surface area contributed by atoms with Gasteiger partial charge in [0.1, 0.15) is 6.61 Å². The largest absolute Gasteiger partial charge is 0.485 e.